The molecule has 2 aromatic heterocycles. The zero-order valence-electron chi connectivity index (χ0n) is 37.7. The molecule has 11 aromatic rings. The average molecular weight is 887 g/mol. The summed E-state index contributed by atoms with van der Waals surface area (Å²) in [6, 6.07) is 60.9. The number of benzene rings is 9. The highest BCUT2D eigenvalue weighted by Crippen LogP contribution is 2.49. The summed E-state index contributed by atoms with van der Waals surface area (Å²) in [5.74, 6) is 0. The average Bonchev–Trinajstić information content (AvgIpc) is 3.85. The van der Waals surface area contributed by atoms with Gasteiger partial charge in [-0.05, 0) is 139 Å². The molecule has 68 heavy (non-hydrogen) atoms. The summed E-state index contributed by atoms with van der Waals surface area (Å²) >= 11 is 0. The van der Waals surface area contributed by atoms with E-state index in [0.29, 0.717) is 22.5 Å². The first-order valence-electron chi connectivity index (χ1n) is 22.4. The number of halogens is 3. The van der Waals surface area contributed by atoms with Crippen LogP contribution in [0.15, 0.2) is 176 Å². The summed E-state index contributed by atoms with van der Waals surface area (Å²) in [6.07, 6.45) is -4.81. The molecule has 0 N–H and O–H groups in total. The maximum atomic E-state index is 15.4. The van der Waals surface area contributed by atoms with Gasteiger partial charge >= 0.3 is 6.18 Å². The molecule has 0 bridgehead atoms. The molecule has 0 fully saturated rings. The van der Waals surface area contributed by atoms with Gasteiger partial charge in [-0.25, -0.2) is 0 Å². The lowest BCUT2D eigenvalue weighted by molar-refractivity contribution is -0.137. The van der Waals surface area contributed by atoms with E-state index in [1.807, 2.05) is 60.7 Å². The Hall–Kier alpha value is -8.65. The van der Waals surface area contributed by atoms with Gasteiger partial charge in [0.05, 0.1) is 62.3 Å². The number of hydrogen-bond acceptors (Lipinski definition) is 2. The van der Waals surface area contributed by atoms with Crippen molar-refractivity contribution >= 4 is 43.6 Å². The van der Waals surface area contributed by atoms with Crippen LogP contribution in [0.4, 0.5) is 13.2 Å². The fraction of sp³-hybridized carbons (Fsp3) is 0.0820. The molecule has 7 heteroatoms. The van der Waals surface area contributed by atoms with Crippen molar-refractivity contribution in [1.82, 2.24) is 9.13 Å². The van der Waals surface area contributed by atoms with Gasteiger partial charge in [0.2, 0.25) is 0 Å². The van der Waals surface area contributed by atoms with Gasteiger partial charge in [0, 0.05) is 32.7 Å². The third-order valence-corrected chi connectivity index (χ3v) is 13.4. The molecule has 9 aromatic carbocycles. The second-order valence-corrected chi connectivity index (χ2v) is 17.7. The quantitative estimate of drug-likeness (QED) is 0.167. The molecule has 2 heterocycles. The highest BCUT2D eigenvalue weighted by atomic mass is 19.4. The van der Waals surface area contributed by atoms with Gasteiger partial charge in [0.1, 0.15) is 0 Å². The van der Waals surface area contributed by atoms with Gasteiger partial charge in [-0.15, -0.1) is 0 Å². The molecule has 0 unspecified atom stereocenters. The Kier molecular flexibility index (Phi) is 9.92. The second-order valence-electron chi connectivity index (χ2n) is 17.7. The van der Waals surface area contributed by atoms with Crippen molar-refractivity contribution < 1.29 is 13.2 Å². The summed E-state index contributed by atoms with van der Waals surface area (Å²) in [6.45, 7) is 8.38. The number of aromatic nitrogens is 2. The zero-order valence-corrected chi connectivity index (χ0v) is 37.7. The Balaban J connectivity index is 1.27. The van der Waals surface area contributed by atoms with E-state index in [4.69, 9.17) is 0 Å². The Labute approximate surface area is 391 Å². The first kappa shape index (κ1) is 42.0. The number of nitrogens with zero attached hydrogens (tertiary/aromatic N) is 4. The molecular weight excluding hydrogens is 846 g/mol. The minimum absolute atomic E-state index is 0.106. The number of fused-ring (bicyclic) bond motifs is 6. The Bertz CT molecular complexity index is 3980. The van der Waals surface area contributed by atoms with Crippen molar-refractivity contribution in [3.8, 4) is 68.0 Å². The maximum Gasteiger partial charge on any atom is 0.417 e. The Morgan fingerprint density at radius 1 is 0.412 bits per heavy atom. The first-order chi connectivity index (χ1) is 32.9. The topological polar surface area (TPSA) is 57.4 Å². The monoisotopic (exact) mass is 886 g/mol. The van der Waals surface area contributed by atoms with E-state index >= 15 is 13.2 Å². The third kappa shape index (κ3) is 6.74. The van der Waals surface area contributed by atoms with E-state index in [-0.39, 0.29) is 22.3 Å². The van der Waals surface area contributed by atoms with Crippen molar-refractivity contribution in [3.63, 3.8) is 0 Å². The van der Waals surface area contributed by atoms with E-state index in [9.17, 15) is 10.5 Å². The van der Waals surface area contributed by atoms with Crippen LogP contribution in [-0.4, -0.2) is 9.13 Å². The predicted molar refractivity (Wildman–Crippen MR) is 270 cm³/mol. The summed E-state index contributed by atoms with van der Waals surface area (Å²) < 4.78 is 50.5. The molecule has 326 valence electrons. The lowest BCUT2D eigenvalue weighted by Crippen LogP contribution is -2.09. The SMILES string of the molecule is Cc1ccc(-c2ccc3c(c2)c2ccccc2n3-c2cccc(C#N)c2-c2c(-c3ccc(C#N)cc3C(F)(F)F)cccc2-n2c3ccccc3c3cc(-c4ccc(C)cc4C)ccc32)c(C)c1. The minimum Gasteiger partial charge on any atom is -0.309 e. The standard InChI is InChI=1S/C61H41F3N4/c1-36-19-24-44(38(3)29-36)41-22-27-55-50(32-41)47-12-5-7-15-53(47)67(55)57-17-9-11-43(35-66)59(57)60-49(46-26-21-40(34-65)31-52(46)61(62,63)64)14-10-18-58(60)68-54-16-8-6-13-48(54)51-33-42(23-28-56(51)68)45-25-20-37(2)30-39(45)4/h5-33H,1-4H3. The number of nitriles is 2. The van der Waals surface area contributed by atoms with Crippen LogP contribution in [0.5, 0.6) is 0 Å². The van der Waals surface area contributed by atoms with E-state index in [2.05, 4.69) is 128 Å². The molecule has 0 saturated heterocycles. The normalized spacial score (nSPS) is 11.7. The summed E-state index contributed by atoms with van der Waals surface area (Å²) in [5.41, 5.74) is 14.0. The van der Waals surface area contributed by atoms with Crippen LogP contribution in [-0.2, 0) is 6.18 Å². The number of hydrogen-bond donors (Lipinski definition) is 0. The molecule has 0 amide bonds. The Morgan fingerprint density at radius 2 is 0.912 bits per heavy atom. The fourth-order valence-corrected chi connectivity index (χ4v) is 10.5. The molecular formula is C61H41F3N4. The highest BCUT2D eigenvalue weighted by molar-refractivity contribution is 6.13. The lowest BCUT2D eigenvalue weighted by atomic mass is 9.86. The maximum absolute atomic E-state index is 15.4. The molecule has 0 atom stereocenters. The minimum atomic E-state index is -4.81. The van der Waals surface area contributed by atoms with Crippen LogP contribution in [0.2, 0.25) is 0 Å². The third-order valence-electron chi connectivity index (χ3n) is 13.4. The van der Waals surface area contributed by atoms with Crippen LogP contribution < -0.4 is 0 Å². The van der Waals surface area contributed by atoms with Crippen molar-refractivity contribution in [2.24, 2.45) is 0 Å². The summed E-state index contributed by atoms with van der Waals surface area (Å²) in [5, 5.41) is 25.0. The number of aryl methyl sites for hydroxylation is 4. The van der Waals surface area contributed by atoms with Gasteiger partial charge in [0.25, 0.3) is 0 Å². The molecule has 0 saturated carbocycles. The van der Waals surface area contributed by atoms with E-state index in [0.717, 1.165) is 83.1 Å². The van der Waals surface area contributed by atoms with Crippen molar-refractivity contribution in [2.45, 2.75) is 33.9 Å². The summed E-state index contributed by atoms with van der Waals surface area (Å²) in [7, 11) is 0. The summed E-state index contributed by atoms with van der Waals surface area (Å²) in [4.78, 5) is 0. The van der Waals surface area contributed by atoms with Crippen LogP contribution in [0.1, 0.15) is 38.9 Å². The van der Waals surface area contributed by atoms with E-state index < -0.39 is 11.7 Å². The fourth-order valence-electron chi connectivity index (χ4n) is 10.5. The molecule has 4 nitrogen and oxygen atoms in total. The lowest BCUT2D eigenvalue weighted by Gasteiger charge is -2.24. The molecule has 0 aliphatic heterocycles. The van der Waals surface area contributed by atoms with Crippen LogP contribution in [0, 0.1) is 50.4 Å². The van der Waals surface area contributed by atoms with E-state index in [1.165, 1.54) is 23.3 Å². The van der Waals surface area contributed by atoms with Crippen molar-refractivity contribution in [3.05, 3.63) is 215 Å². The first-order valence-corrected chi connectivity index (χ1v) is 22.4. The number of para-hydroxylation sites is 2. The molecule has 11 rings (SSSR count). The smallest absolute Gasteiger partial charge is 0.309 e. The zero-order chi connectivity index (χ0) is 47.0. The highest BCUT2D eigenvalue weighted by Gasteiger charge is 2.36. The van der Waals surface area contributed by atoms with Gasteiger partial charge in [-0.3, -0.25) is 0 Å². The predicted octanol–water partition coefficient (Wildman–Crippen LogP) is 16.5. The van der Waals surface area contributed by atoms with Crippen LogP contribution >= 0.6 is 0 Å². The number of alkyl halides is 3. The van der Waals surface area contributed by atoms with Crippen molar-refractivity contribution in [2.75, 3.05) is 0 Å². The molecule has 0 aliphatic carbocycles. The van der Waals surface area contributed by atoms with Gasteiger partial charge < -0.3 is 9.13 Å². The largest absolute Gasteiger partial charge is 0.417 e. The molecule has 0 radical (unpaired) electrons. The Morgan fingerprint density at radius 3 is 1.43 bits per heavy atom. The van der Waals surface area contributed by atoms with Gasteiger partial charge in [-0.2, -0.15) is 23.7 Å². The van der Waals surface area contributed by atoms with Gasteiger partial charge in [-0.1, -0.05) is 120 Å². The second kappa shape index (κ2) is 16.0. The van der Waals surface area contributed by atoms with Crippen LogP contribution in [0.25, 0.3) is 99.5 Å². The molecule has 0 spiro atoms. The van der Waals surface area contributed by atoms with Crippen LogP contribution in [0.3, 0.4) is 0 Å². The van der Waals surface area contributed by atoms with E-state index in [1.54, 1.807) is 18.2 Å². The number of rotatable bonds is 6. The van der Waals surface area contributed by atoms with Gasteiger partial charge in [0.15, 0.2) is 0 Å². The van der Waals surface area contributed by atoms with Crippen molar-refractivity contribution in [1.29, 1.82) is 10.5 Å². The molecule has 0 aliphatic rings.